The molecule has 6 nitrogen and oxygen atoms in total. The van der Waals surface area contributed by atoms with E-state index in [0.717, 1.165) is 43.4 Å². The molecule has 1 heterocycles. The first kappa shape index (κ1) is 23.3. The van der Waals surface area contributed by atoms with Crippen LogP contribution in [0.15, 0.2) is 12.4 Å². The Labute approximate surface area is 198 Å². The van der Waals surface area contributed by atoms with Crippen molar-refractivity contribution in [2.45, 2.75) is 89.4 Å². The first-order chi connectivity index (χ1) is 15.7. The van der Waals surface area contributed by atoms with Crippen molar-refractivity contribution in [2.75, 3.05) is 13.7 Å². The van der Waals surface area contributed by atoms with Crippen LogP contribution in [0.25, 0.3) is 0 Å². The topological polar surface area (TPSA) is 91.3 Å². The van der Waals surface area contributed by atoms with Crippen LogP contribution < -0.4 is 0 Å². The second-order valence-corrected chi connectivity index (χ2v) is 12.4. The summed E-state index contributed by atoms with van der Waals surface area (Å²) >= 11 is 0. The van der Waals surface area contributed by atoms with Gasteiger partial charge in [0.2, 0.25) is 0 Å². The zero-order valence-electron chi connectivity index (χ0n) is 20.5. The monoisotopic (exact) mass is 455 g/mol. The number of hydrogen-bond donors (Lipinski definition) is 2. The maximum absolute atomic E-state index is 11.7. The van der Waals surface area contributed by atoms with Gasteiger partial charge in [-0.05, 0) is 106 Å². The van der Waals surface area contributed by atoms with Crippen molar-refractivity contribution in [3.63, 3.8) is 0 Å². The molecule has 0 bridgehead atoms. The normalized spacial score (nSPS) is 44.2. The molecule has 4 fully saturated rings. The Kier molecular flexibility index (Phi) is 5.91. The van der Waals surface area contributed by atoms with Gasteiger partial charge in [0, 0.05) is 13.3 Å². The lowest BCUT2D eigenvalue weighted by atomic mass is 9.48. The van der Waals surface area contributed by atoms with Gasteiger partial charge in [0.05, 0.1) is 36.1 Å². The summed E-state index contributed by atoms with van der Waals surface area (Å²) in [5.74, 6) is 3.86. The maximum atomic E-state index is 11.7. The average Bonchev–Trinajstić information content (AvgIpc) is 3.36. The molecule has 0 radical (unpaired) electrons. The van der Waals surface area contributed by atoms with Gasteiger partial charge in [0.25, 0.3) is 0 Å². The van der Waals surface area contributed by atoms with Gasteiger partial charge in [-0.25, -0.2) is 0 Å². The fourth-order valence-corrected chi connectivity index (χ4v) is 9.33. The van der Waals surface area contributed by atoms with Crippen molar-refractivity contribution in [1.29, 1.82) is 5.26 Å². The standard InChI is InChI=1S/C27H41N3O3/c1-25-10-8-21-20-9-11-27(32,17-33-3)12-19(20)4-5-22(21)23(25)6-7-24(25)26(2,31)16-30-15-18(13-28)14-29-30/h14-15,19-24,31-32H,4-12,16-17H2,1-3H3/t19-,20-,21+,22+,23-,24-,25-,26+,27+/m0/s1. The molecule has 0 spiro atoms. The Hall–Kier alpha value is -1.42. The van der Waals surface area contributed by atoms with Crippen molar-refractivity contribution in [2.24, 2.45) is 40.9 Å². The summed E-state index contributed by atoms with van der Waals surface area (Å²) in [5, 5.41) is 36.1. The summed E-state index contributed by atoms with van der Waals surface area (Å²) in [5.41, 5.74) is -0.758. The lowest BCUT2D eigenvalue weighted by Crippen LogP contribution is -2.54. The van der Waals surface area contributed by atoms with Gasteiger partial charge in [0.1, 0.15) is 6.07 Å². The van der Waals surface area contributed by atoms with Gasteiger partial charge >= 0.3 is 0 Å². The molecule has 0 unspecified atom stereocenters. The number of nitrogens with zero attached hydrogens (tertiary/aromatic N) is 3. The number of methoxy groups -OCH3 is 1. The minimum absolute atomic E-state index is 0.161. The van der Waals surface area contributed by atoms with E-state index in [9.17, 15) is 10.2 Å². The third kappa shape index (κ3) is 3.94. The molecule has 9 atom stereocenters. The Morgan fingerprint density at radius 3 is 2.70 bits per heavy atom. The van der Waals surface area contributed by atoms with E-state index in [1.807, 2.05) is 6.92 Å². The number of rotatable bonds is 5. The van der Waals surface area contributed by atoms with Crippen LogP contribution in [0.1, 0.15) is 77.2 Å². The van der Waals surface area contributed by atoms with Gasteiger partial charge in [-0.3, -0.25) is 4.68 Å². The summed E-state index contributed by atoms with van der Waals surface area (Å²) in [6.07, 6.45) is 13.5. The van der Waals surface area contributed by atoms with Gasteiger partial charge < -0.3 is 14.9 Å². The molecule has 0 saturated heterocycles. The fourth-order valence-electron chi connectivity index (χ4n) is 9.33. The molecule has 4 aliphatic carbocycles. The van der Waals surface area contributed by atoms with Gasteiger partial charge in [-0.1, -0.05) is 6.92 Å². The van der Waals surface area contributed by atoms with Crippen LogP contribution in [0, 0.1) is 52.3 Å². The number of fused-ring (bicyclic) bond motifs is 5. The SMILES string of the molecule is COC[C@@]1(O)CC[C@H]2[C@@H](CC[C@@H]3[C@@H]2CC[C@@]2(C)[C@H]3CC[C@@H]2[C@](C)(O)Cn2cc(C#N)cn2)C1. The van der Waals surface area contributed by atoms with Crippen LogP contribution in [-0.2, 0) is 11.3 Å². The van der Waals surface area contributed by atoms with E-state index in [0.29, 0.717) is 30.6 Å². The highest BCUT2D eigenvalue weighted by Gasteiger charge is 2.60. The van der Waals surface area contributed by atoms with Gasteiger partial charge in [0.15, 0.2) is 0 Å². The van der Waals surface area contributed by atoms with Crippen LogP contribution >= 0.6 is 0 Å². The van der Waals surface area contributed by atoms with Gasteiger partial charge in [-0.2, -0.15) is 10.4 Å². The second-order valence-electron chi connectivity index (χ2n) is 12.4. The largest absolute Gasteiger partial charge is 0.388 e. The molecular weight excluding hydrogens is 414 g/mol. The molecule has 6 heteroatoms. The summed E-state index contributed by atoms with van der Waals surface area (Å²) < 4.78 is 7.08. The molecule has 0 aliphatic heterocycles. The van der Waals surface area contributed by atoms with Crippen molar-refractivity contribution < 1.29 is 14.9 Å². The van der Waals surface area contributed by atoms with Crippen molar-refractivity contribution in [3.05, 3.63) is 18.0 Å². The fraction of sp³-hybridized carbons (Fsp3) is 0.852. The number of aromatic nitrogens is 2. The van der Waals surface area contributed by atoms with E-state index in [1.165, 1.54) is 32.1 Å². The van der Waals surface area contributed by atoms with E-state index in [4.69, 9.17) is 10.00 Å². The molecule has 5 rings (SSSR count). The molecule has 182 valence electrons. The van der Waals surface area contributed by atoms with E-state index in [-0.39, 0.29) is 11.3 Å². The molecule has 33 heavy (non-hydrogen) atoms. The van der Waals surface area contributed by atoms with Gasteiger partial charge in [-0.15, -0.1) is 0 Å². The Morgan fingerprint density at radius 1 is 1.18 bits per heavy atom. The first-order valence-corrected chi connectivity index (χ1v) is 13.1. The highest BCUT2D eigenvalue weighted by molar-refractivity contribution is 5.21. The molecule has 0 aromatic carbocycles. The van der Waals surface area contributed by atoms with Crippen molar-refractivity contribution in [3.8, 4) is 6.07 Å². The van der Waals surface area contributed by atoms with Crippen LogP contribution in [-0.4, -0.2) is 44.9 Å². The number of nitriles is 1. The second kappa shape index (κ2) is 8.36. The maximum Gasteiger partial charge on any atom is 0.102 e. The van der Waals surface area contributed by atoms with Crippen LogP contribution in [0.4, 0.5) is 0 Å². The highest BCUT2D eigenvalue weighted by Crippen LogP contribution is 2.66. The quantitative estimate of drug-likeness (QED) is 0.696. The lowest BCUT2D eigenvalue weighted by Gasteiger charge is -2.58. The summed E-state index contributed by atoms with van der Waals surface area (Å²) in [6.45, 7) is 5.35. The molecule has 4 aliphatic rings. The number of ether oxygens (including phenoxy) is 1. The summed E-state index contributed by atoms with van der Waals surface area (Å²) in [4.78, 5) is 0. The van der Waals surface area contributed by atoms with Crippen LogP contribution in [0.2, 0.25) is 0 Å². The highest BCUT2D eigenvalue weighted by atomic mass is 16.5. The van der Waals surface area contributed by atoms with E-state index >= 15 is 0 Å². The Bertz CT molecular complexity index is 907. The first-order valence-electron chi connectivity index (χ1n) is 13.1. The zero-order valence-corrected chi connectivity index (χ0v) is 20.5. The Balaban J connectivity index is 1.31. The average molecular weight is 456 g/mol. The van der Waals surface area contributed by atoms with E-state index < -0.39 is 11.2 Å². The zero-order chi connectivity index (χ0) is 23.4. The van der Waals surface area contributed by atoms with Crippen LogP contribution in [0.5, 0.6) is 0 Å². The summed E-state index contributed by atoms with van der Waals surface area (Å²) in [7, 11) is 1.70. The number of hydrogen-bond acceptors (Lipinski definition) is 5. The molecule has 4 saturated carbocycles. The Morgan fingerprint density at radius 2 is 1.97 bits per heavy atom. The molecule has 2 N–H and O–H groups in total. The van der Waals surface area contributed by atoms with Crippen molar-refractivity contribution >= 4 is 0 Å². The van der Waals surface area contributed by atoms with Crippen LogP contribution in [0.3, 0.4) is 0 Å². The molecular formula is C27H41N3O3. The van der Waals surface area contributed by atoms with E-state index in [1.54, 1.807) is 24.2 Å². The smallest absolute Gasteiger partial charge is 0.102 e. The lowest BCUT2D eigenvalue weighted by molar-refractivity contribution is -0.138. The molecule has 0 amide bonds. The third-order valence-electron chi connectivity index (χ3n) is 10.5. The minimum atomic E-state index is -0.840. The molecule has 1 aromatic heterocycles. The predicted octanol–water partition coefficient (Wildman–Crippen LogP) is 4.15. The third-order valence-corrected chi connectivity index (χ3v) is 10.5. The predicted molar refractivity (Wildman–Crippen MR) is 125 cm³/mol. The molecule has 1 aromatic rings. The number of aliphatic hydroxyl groups is 2. The minimum Gasteiger partial charge on any atom is -0.388 e. The summed E-state index contributed by atoms with van der Waals surface area (Å²) in [6, 6.07) is 2.13. The van der Waals surface area contributed by atoms with Crippen molar-refractivity contribution in [1.82, 2.24) is 9.78 Å². The van der Waals surface area contributed by atoms with E-state index in [2.05, 4.69) is 18.1 Å².